The van der Waals surface area contributed by atoms with E-state index in [-0.39, 0.29) is 30.8 Å². The molecule has 3 rings (SSSR count). The van der Waals surface area contributed by atoms with Crippen molar-refractivity contribution in [2.45, 2.75) is 13.8 Å². The molecular formula is C22H26FN3O3. The van der Waals surface area contributed by atoms with Crippen molar-refractivity contribution in [3.63, 3.8) is 0 Å². The van der Waals surface area contributed by atoms with E-state index in [1.807, 2.05) is 30.9 Å². The number of hydrogen-bond acceptors (Lipinski definition) is 4. The lowest BCUT2D eigenvalue weighted by molar-refractivity contribution is -0.135. The van der Waals surface area contributed by atoms with Gasteiger partial charge in [0, 0.05) is 31.9 Å². The van der Waals surface area contributed by atoms with E-state index < -0.39 is 0 Å². The molecule has 0 aromatic heterocycles. The standard InChI is InChI=1S/C22H26FN3O3/c1-16-11-17(2)13-20(12-16)29-15-22(28)26-9-7-25(8-10-26)14-21(27)24-19-5-3-18(23)4-6-19/h3-6,11-13H,7-10,14-15H2,1-2H3,(H,24,27). The number of halogens is 1. The van der Waals surface area contributed by atoms with E-state index >= 15 is 0 Å². The van der Waals surface area contributed by atoms with Gasteiger partial charge >= 0.3 is 0 Å². The van der Waals surface area contributed by atoms with Crippen LogP contribution in [0.3, 0.4) is 0 Å². The third kappa shape index (κ3) is 6.29. The van der Waals surface area contributed by atoms with Crippen LogP contribution in [0.2, 0.25) is 0 Å². The lowest BCUT2D eigenvalue weighted by Crippen LogP contribution is -2.51. The molecule has 0 radical (unpaired) electrons. The molecule has 1 aliphatic heterocycles. The average Bonchev–Trinajstić information content (AvgIpc) is 2.68. The Morgan fingerprint density at radius 2 is 1.62 bits per heavy atom. The highest BCUT2D eigenvalue weighted by molar-refractivity contribution is 5.92. The smallest absolute Gasteiger partial charge is 0.260 e. The number of carbonyl (C=O) groups is 2. The summed E-state index contributed by atoms with van der Waals surface area (Å²) in [4.78, 5) is 28.3. The van der Waals surface area contributed by atoms with Crippen LogP contribution >= 0.6 is 0 Å². The molecule has 6 nitrogen and oxygen atoms in total. The summed E-state index contributed by atoms with van der Waals surface area (Å²) < 4.78 is 18.6. The van der Waals surface area contributed by atoms with Crippen LogP contribution in [0.5, 0.6) is 5.75 Å². The number of ether oxygens (including phenoxy) is 1. The Kier molecular flexibility index (Phi) is 6.82. The summed E-state index contributed by atoms with van der Waals surface area (Å²) in [5, 5.41) is 2.75. The number of anilines is 1. The van der Waals surface area contributed by atoms with Crippen LogP contribution in [0.25, 0.3) is 0 Å². The van der Waals surface area contributed by atoms with Gasteiger partial charge in [0.2, 0.25) is 5.91 Å². The molecule has 1 aliphatic rings. The van der Waals surface area contributed by atoms with E-state index in [1.54, 1.807) is 4.90 Å². The molecule has 1 heterocycles. The summed E-state index contributed by atoms with van der Waals surface area (Å²) in [5.74, 6) is 0.145. The molecule has 2 amide bonds. The second-order valence-corrected chi connectivity index (χ2v) is 7.32. The SMILES string of the molecule is Cc1cc(C)cc(OCC(=O)N2CCN(CC(=O)Nc3ccc(F)cc3)CC2)c1. The van der Waals surface area contributed by atoms with Gasteiger partial charge in [-0.2, -0.15) is 0 Å². The molecule has 2 aromatic carbocycles. The molecular weight excluding hydrogens is 373 g/mol. The molecule has 1 N–H and O–H groups in total. The number of nitrogens with zero attached hydrogens (tertiary/aromatic N) is 2. The first kappa shape index (κ1) is 20.8. The number of rotatable bonds is 6. The van der Waals surface area contributed by atoms with Gasteiger partial charge in [0.25, 0.3) is 5.91 Å². The minimum atomic E-state index is -0.342. The number of amides is 2. The van der Waals surface area contributed by atoms with Gasteiger partial charge in [-0.05, 0) is 61.4 Å². The van der Waals surface area contributed by atoms with Crippen LogP contribution in [0.4, 0.5) is 10.1 Å². The Balaban J connectivity index is 1.40. The molecule has 0 aliphatic carbocycles. The molecule has 2 aromatic rings. The zero-order valence-corrected chi connectivity index (χ0v) is 16.8. The zero-order chi connectivity index (χ0) is 20.8. The fourth-order valence-electron chi connectivity index (χ4n) is 3.34. The summed E-state index contributed by atoms with van der Waals surface area (Å²) in [6.45, 7) is 6.57. The van der Waals surface area contributed by atoms with E-state index in [2.05, 4.69) is 11.4 Å². The average molecular weight is 399 g/mol. The van der Waals surface area contributed by atoms with Gasteiger partial charge in [-0.25, -0.2) is 4.39 Å². The van der Waals surface area contributed by atoms with E-state index in [9.17, 15) is 14.0 Å². The van der Waals surface area contributed by atoms with Crippen LogP contribution in [-0.2, 0) is 9.59 Å². The lowest BCUT2D eigenvalue weighted by Gasteiger charge is -2.34. The second-order valence-electron chi connectivity index (χ2n) is 7.32. The van der Waals surface area contributed by atoms with Crippen LogP contribution < -0.4 is 10.1 Å². The number of aryl methyl sites for hydroxylation is 2. The fourth-order valence-corrected chi connectivity index (χ4v) is 3.34. The minimum Gasteiger partial charge on any atom is -0.484 e. The maximum atomic E-state index is 12.9. The Morgan fingerprint density at radius 3 is 2.24 bits per heavy atom. The van der Waals surface area contributed by atoms with E-state index in [0.29, 0.717) is 37.6 Å². The summed E-state index contributed by atoms with van der Waals surface area (Å²) in [7, 11) is 0. The van der Waals surface area contributed by atoms with Crippen molar-refractivity contribution in [2.75, 3.05) is 44.6 Å². The lowest BCUT2D eigenvalue weighted by atomic mass is 10.1. The Labute approximate surface area is 170 Å². The van der Waals surface area contributed by atoms with Crippen molar-refractivity contribution in [3.8, 4) is 5.75 Å². The predicted molar refractivity (Wildman–Crippen MR) is 109 cm³/mol. The summed E-state index contributed by atoms with van der Waals surface area (Å²) in [5.41, 5.74) is 2.76. The van der Waals surface area contributed by atoms with Crippen molar-refractivity contribution in [2.24, 2.45) is 0 Å². The van der Waals surface area contributed by atoms with E-state index in [0.717, 1.165) is 11.1 Å². The van der Waals surface area contributed by atoms with Gasteiger partial charge in [0.15, 0.2) is 6.61 Å². The molecule has 1 saturated heterocycles. The third-order valence-corrected chi connectivity index (χ3v) is 4.78. The molecule has 0 saturated carbocycles. The summed E-state index contributed by atoms with van der Waals surface area (Å²) in [6.07, 6.45) is 0. The molecule has 1 fully saturated rings. The highest BCUT2D eigenvalue weighted by Gasteiger charge is 2.22. The number of nitrogens with one attached hydrogen (secondary N) is 1. The molecule has 7 heteroatoms. The molecule has 29 heavy (non-hydrogen) atoms. The van der Waals surface area contributed by atoms with Crippen LogP contribution in [0.1, 0.15) is 11.1 Å². The van der Waals surface area contributed by atoms with Gasteiger partial charge in [-0.3, -0.25) is 14.5 Å². The number of carbonyl (C=O) groups excluding carboxylic acids is 2. The highest BCUT2D eigenvalue weighted by atomic mass is 19.1. The summed E-state index contributed by atoms with van der Waals surface area (Å²) in [6, 6.07) is 11.6. The van der Waals surface area contributed by atoms with Crippen molar-refractivity contribution >= 4 is 17.5 Å². The quantitative estimate of drug-likeness (QED) is 0.811. The van der Waals surface area contributed by atoms with Gasteiger partial charge < -0.3 is 15.0 Å². The number of piperazine rings is 1. The Morgan fingerprint density at radius 1 is 1.00 bits per heavy atom. The number of benzene rings is 2. The first-order chi connectivity index (χ1) is 13.9. The fraction of sp³-hybridized carbons (Fsp3) is 0.364. The van der Waals surface area contributed by atoms with E-state index in [4.69, 9.17) is 4.74 Å². The van der Waals surface area contributed by atoms with Gasteiger partial charge in [0.05, 0.1) is 6.54 Å². The molecule has 0 bridgehead atoms. The topological polar surface area (TPSA) is 61.9 Å². The van der Waals surface area contributed by atoms with Gasteiger partial charge in [-0.15, -0.1) is 0 Å². The molecule has 154 valence electrons. The first-order valence-electron chi connectivity index (χ1n) is 9.66. The molecule has 0 atom stereocenters. The van der Waals surface area contributed by atoms with Crippen molar-refractivity contribution in [3.05, 3.63) is 59.4 Å². The monoisotopic (exact) mass is 399 g/mol. The first-order valence-corrected chi connectivity index (χ1v) is 9.66. The van der Waals surface area contributed by atoms with Crippen molar-refractivity contribution < 1.29 is 18.7 Å². The second kappa shape index (κ2) is 9.52. The largest absolute Gasteiger partial charge is 0.484 e. The van der Waals surface area contributed by atoms with Crippen LogP contribution in [0, 0.1) is 19.7 Å². The normalized spacial score (nSPS) is 14.5. The Bertz CT molecular complexity index is 842. The molecule has 0 spiro atoms. The predicted octanol–water partition coefficient (Wildman–Crippen LogP) is 2.60. The maximum absolute atomic E-state index is 12.9. The third-order valence-electron chi connectivity index (χ3n) is 4.78. The Hall–Kier alpha value is -2.93. The highest BCUT2D eigenvalue weighted by Crippen LogP contribution is 2.16. The zero-order valence-electron chi connectivity index (χ0n) is 16.8. The maximum Gasteiger partial charge on any atom is 0.260 e. The van der Waals surface area contributed by atoms with Gasteiger partial charge in [-0.1, -0.05) is 6.07 Å². The van der Waals surface area contributed by atoms with Gasteiger partial charge in [0.1, 0.15) is 11.6 Å². The minimum absolute atomic E-state index is 0.00788. The van der Waals surface area contributed by atoms with Crippen molar-refractivity contribution in [1.82, 2.24) is 9.80 Å². The van der Waals surface area contributed by atoms with Crippen molar-refractivity contribution in [1.29, 1.82) is 0 Å². The van der Waals surface area contributed by atoms with Crippen LogP contribution in [-0.4, -0.2) is 60.9 Å². The molecule has 0 unspecified atom stereocenters. The number of hydrogen-bond donors (Lipinski definition) is 1. The van der Waals surface area contributed by atoms with E-state index in [1.165, 1.54) is 24.3 Å². The van der Waals surface area contributed by atoms with Crippen LogP contribution in [0.15, 0.2) is 42.5 Å². The summed E-state index contributed by atoms with van der Waals surface area (Å²) >= 11 is 0.